The molecule has 9 heteroatoms. The Hall–Kier alpha value is -3.06. The predicted octanol–water partition coefficient (Wildman–Crippen LogP) is 5.11. The molecular weight excluding hydrogens is 461 g/mol. The van der Waals surface area contributed by atoms with E-state index >= 15 is 0 Å². The average Bonchev–Trinajstić information content (AvgIpc) is 2.74. The third-order valence-corrected chi connectivity index (χ3v) is 5.24. The highest BCUT2D eigenvalue weighted by molar-refractivity contribution is 6.37. The summed E-state index contributed by atoms with van der Waals surface area (Å²) in [7, 11) is 0. The number of nitrogens with zero attached hydrogens (tertiary/aromatic N) is 2. The van der Waals surface area contributed by atoms with Crippen molar-refractivity contribution in [1.29, 1.82) is 0 Å². The normalized spacial score (nSPS) is 11.3. The molecule has 0 aliphatic heterocycles. The third-order valence-electron chi connectivity index (χ3n) is 4.42. The van der Waals surface area contributed by atoms with Crippen LogP contribution in [0.2, 0.25) is 15.1 Å². The summed E-state index contributed by atoms with van der Waals surface area (Å²) in [5.41, 5.74) is 0.651. The average molecular weight is 475 g/mol. The Morgan fingerprint density at radius 1 is 0.968 bits per heavy atom. The SMILES string of the molecule is O=c1[nH]c2ccccc2c(=O)n1N=Cc1cc(Cl)c(OCc2ccc(Cl)cc2)c(Cl)c1. The quantitative estimate of drug-likeness (QED) is 0.408. The molecule has 4 rings (SSSR count). The molecule has 0 aliphatic rings. The Labute approximate surface area is 191 Å². The van der Waals surface area contributed by atoms with E-state index in [1.807, 2.05) is 12.1 Å². The molecule has 3 aromatic carbocycles. The van der Waals surface area contributed by atoms with Crippen molar-refractivity contribution < 1.29 is 4.74 Å². The smallest absolute Gasteiger partial charge is 0.349 e. The molecule has 0 fully saturated rings. The number of H-pyrrole nitrogens is 1. The van der Waals surface area contributed by atoms with E-state index in [4.69, 9.17) is 39.5 Å². The van der Waals surface area contributed by atoms with E-state index in [2.05, 4.69) is 10.1 Å². The second-order valence-corrected chi connectivity index (χ2v) is 7.82. The van der Waals surface area contributed by atoms with Crippen LogP contribution in [0, 0.1) is 0 Å². The lowest BCUT2D eigenvalue weighted by molar-refractivity contribution is 0.306. The maximum Gasteiger partial charge on any atom is 0.349 e. The fourth-order valence-corrected chi connectivity index (χ4v) is 3.65. The van der Waals surface area contributed by atoms with Gasteiger partial charge in [0.05, 0.1) is 27.2 Å². The summed E-state index contributed by atoms with van der Waals surface area (Å²) in [6, 6.07) is 17.1. The minimum absolute atomic E-state index is 0.256. The number of rotatable bonds is 5. The third kappa shape index (κ3) is 4.66. The minimum atomic E-state index is -0.653. The molecule has 156 valence electrons. The Morgan fingerprint density at radius 2 is 1.65 bits per heavy atom. The van der Waals surface area contributed by atoms with Crippen molar-refractivity contribution in [2.45, 2.75) is 6.61 Å². The highest BCUT2D eigenvalue weighted by atomic mass is 35.5. The van der Waals surface area contributed by atoms with Gasteiger partial charge in [-0.05, 0) is 47.5 Å². The summed E-state index contributed by atoms with van der Waals surface area (Å²) in [6.07, 6.45) is 1.33. The summed E-state index contributed by atoms with van der Waals surface area (Å²) < 4.78 is 6.48. The molecule has 1 N–H and O–H groups in total. The van der Waals surface area contributed by atoms with Crippen LogP contribution in [0.5, 0.6) is 5.75 Å². The van der Waals surface area contributed by atoms with Gasteiger partial charge in [-0.15, -0.1) is 4.68 Å². The molecule has 1 aromatic heterocycles. The fraction of sp³-hybridized carbons (Fsp3) is 0.0455. The van der Waals surface area contributed by atoms with Gasteiger partial charge in [0.1, 0.15) is 6.61 Å². The van der Waals surface area contributed by atoms with E-state index in [0.29, 0.717) is 27.2 Å². The summed E-state index contributed by atoms with van der Waals surface area (Å²) >= 11 is 18.5. The number of nitrogens with one attached hydrogen (secondary N) is 1. The number of fused-ring (bicyclic) bond motifs is 1. The van der Waals surface area contributed by atoms with E-state index in [9.17, 15) is 9.59 Å². The Bertz CT molecular complexity index is 1390. The van der Waals surface area contributed by atoms with Gasteiger partial charge >= 0.3 is 5.69 Å². The van der Waals surface area contributed by atoms with Crippen LogP contribution in [0.3, 0.4) is 0 Å². The molecular formula is C22H14Cl3N3O3. The number of benzene rings is 3. The van der Waals surface area contributed by atoms with Crippen LogP contribution in [-0.2, 0) is 6.61 Å². The largest absolute Gasteiger partial charge is 0.486 e. The van der Waals surface area contributed by atoms with Crippen molar-refractivity contribution in [2.24, 2.45) is 5.10 Å². The van der Waals surface area contributed by atoms with E-state index in [1.165, 1.54) is 6.21 Å². The van der Waals surface area contributed by atoms with Crippen molar-refractivity contribution in [1.82, 2.24) is 9.66 Å². The second-order valence-electron chi connectivity index (χ2n) is 6.57. The number of para-hydroxylation sites is 1. The molecule has 0 saturated carbocycles. The number of hydrogen-bond acceptors (Lipinski definition) is 4. The maximum absolute atomic E-state index is 12.5. The molecule has 0 atom stereocenters. The highest BCUT2D eigenvalue weighted by Gasteiger charge is 2.11. The topological polar surface area (TPSA) is 76.5 Å². The number of aromatic amines is 1. The van der Waals surface area contributed by atoms with Crippen molar-refractivity contribution in [3.05, 3.63) is 108 Å². The molecule has 0 bridgehead atoms. The van der Waals surface area contributed by atoms with Crippen LogP contribution in [0.25, 0.3) is 10.9 Å². The van der Waals surface area contributed by atoms with Crippen molar-refractivity contribution in [3.63, 3.8) is 0 Å². The van der Waals surface area contributed by atoms with E-state index in [-0.39, 0.29) is 16.7 Å². The zero-order valence-corrected chi connectivity index (χ0v) is 18.1. The van der Waals surface area contributed by atoms with E-state index in [0.717, 1.165) is 10.2 Å². The van der Waals surface area contributed by atoms with Crippen LogP contribution in [-0.4, -0.2) is 15.9 Å². The molecule has 4 aromatic rings. The Balaban J connectivity index is 1.59. The van der Waals surface area contributed by atoms with Gasteiger partial charge in [0, 0.05) is 5.02 Å². The summed E-state index contributed by atoms with van der Waals surface area (Å²) in [5, 5.41) is 5.52. The monoisotopic (exact) mass is 473 g/mol. The zero-order valence-electron chi connectivity index (χ0n) is 15.8. The first-order chi connectivity index (χ1) is 14.9. The molecule has 0 radical (unpaired) electrons. The van der Waals surface area contributed by atoms with Gasteiger partial charge in [0.2, 0.25) is 0 Å². The van der Waals surface area contributed by atoms with Gasteiger partial charge in [-0.3, -0.25) is 4.79 Å². The Morgan fingerprint density at radius 3 is 2.35 bits per heavy atom. The van der Waals surface area contributed by atoms with Gasteiger partial charge in [-0.1, -0.05) is 59.1 Å². The summed E-state index contributed by atoms with van der Waals surface area (Å²) in [6.45, 7) is 0.256. The summed E-state index contributed by atoms with van der Waals surface area (Å²) in [4.78, 5) is 27.4. The van der Waals surface area contributed by atoms with E-state index < -0.39 is 11.2 Å². The molecule has 0 unspecified atom stereocenters. The molecule has 0 amide bonds. The Kier molecular flexibility index (Phi) is 6.13. The van der Waals surface area contributed by atoms with Gasteiger partial charge in [0.25, 0.3) is 5.56 Å². The first-order valence-electron chi connectivity index (χ1n) is 9.07. The highest BCUT2D eigenvalue weighted by Crippen LogP contribution is 2.34. The summed E-state index contributed by atoms with van der Waals surface area (Å²) in [5.74, 6) is 0.316. The van der Waals surface area contributed by atoms with Gasteiger partial charge < -0.3 is 9.72 Å². The fourth-order valence-electron chi connectivity index (χ4n) is 2.91. The first kappa shape index (κ1) is 21.2. The molecule has 31 heavy (non-hydrogen) atoms. The lowest BCUT2D eigenvalue weighted by Crippen LogP contribution is -2.32. The standard InChI is InChI=1S/C22H14Cl3N3O3/c23-15-7-5-13(6-8-15)12-31-20-17(24)9-14(10-18(20)25)11-26-28-21(29)16-3-1-2-4-19(16)27-22(28)30/h1-11H,12H2,(H,27,30). The number of halogens is 3. The molecule has 0 spiro atoms. The van der Waals surface area contributed by atoms with Crippen LogP contribution < -0.4 is 16.0 Å². The van der Waals surface area contributed by atoms with Crippen LogP contribution in [0.4, 0.5) is 0 Å². The van der Waals surface area contributed by atoms with Crippen molar-refractivity contribution in [2.75, 3.05) is 0 Å². The van der Waals surface area contributed by atoms with E-state index in [1.54, 1.807) is 48.5 Å². The first-order valence-corrected chi connectivity index (χ1v) is 10.2. The number of hydrogen-bond donors (Lipinski definition) is 1. The molecule has 6 nitrogen and oxygen atoms in total. The predicted molar refractivity (Wildman–Crippen MR) is 124 cm³/mol. The van der Waals surface area contributed by atoms with Gasteiger partial charge in [-0.25, -0.2) is 4.79 Å². The minimum Gasteiger partial charge on any atom is -0.486 e. The molecule has 0 aliphatic carbocycles. The number of ether oxygens (including phenoxy) is 1. The van der Waals surface area contributed by atoms with Crippen LogP contribution >= 0.6 is 34.8 Å². The number of aromatic nitrogens is 2. The van der Waals surface area contributed by atoms with Gasteiger partial charge in [0.15, 0.2) is 5.75 Å². The lowest BCUT2D eigenvalue weighted by Gasteiger charge is -2.11. The maximum atomic E-state index is 12.5. The van der Waals surface area contributed by atoms with Crippen LogP contribution in [0.1, 0.15) is 11.1 Å². The van der Waals surface area contributed by atoms with Crippen molar-refractivity contribution >= 4 is 51.9 Å². The lowest BCUT2D eigenvalue weighted by atomic mass is 10.2. The van der Waals surface area contributed by atoms with Crippen LogP contribution in [0.15, 0.2) is 75.4 Å². The zero-order chi connectivity index (χ0) is 22.0. The van der Waals surface area contributed by atoms with Crippen molar-refractivity contribution in [3.8, 4) is 5.75 Å². The molecule has 1 heterocycles. The second kappa shape index (κ2) is 8.98. The van der Waals surface area contributed by atoms with Gasteiger partial charge in [-0.2, -0.15) is 5.10 Å². The molecule has 0 saturated heterocycles.